The molecular weight excluding hydrogens is 343 g/mol. The van der Waals surface area contributed by atoms with Crippen molar-refractivity contribution in [3.05, 3.63) is 39.7 Å². The number of nitro benzene ring substituents is 1. The minimum Gasteiger partial charge on any atom is -0.337 e. The SMILES string of the molecule is CN(C(=O)c1cc(F)ccc1[N+](=O)[O-])C1CCCCC1Br. The highest BCUT2D eigenvalue weighted by Gasteiger charge is 2.32. The predicted molar refractivity (Wildman–Crippen MR) is 80.1 cm³/mol. The van der Waals surface area contributed by atoms with Gasteiger partial charge in [0.2, 0.25) is 0 Å². The van der Waals surface area contributed by atoms with E-state index in [0.29, 0.717) is 0 Å². The zero-order chi connectivity index (χ0) is 15.6. The van der Waals surface area contributed by atoms with Crippen LogP contribution < -0.4 is 0 Å². The zero-order valence-corrected chi connectivity index (χ0v) is 13.2. The molecule has 0 radical (unpaired) electrons. The quantitative estimate of drug-likeness (QED) is 0.471. The normalized spacial score (nSPS) is 21.9. The van der Waals surface area contributed by atoms with Crippen LogP contribution in [0.15, 0.2) is 18.2 Å². The second-order valence-electron chi connectivity index (χ2n) is 5.20. The number of benzene rings is 1. The number of hydrogen-bond acceptors (Lipinski definition) is 3. The van der Waals surface area contributed by atoms with Crippen molar-refractivity contribution < 1.29 is 14.1 Å². The van der Waals surface area contributed by atoms with Gasteiger partial charge in [0.15, 0.2) is 0 Å². The summed E-state index contributed by atoms with van der Waals surface area (Å²) in [6.45, 7) is 0. The Labute approximate surface area is 130 Å². The van der Waals surface area contributed by atoms with E-state index in [2.05, 4.69) is 15.9 Å². The molecule has 2 atom stereocenters. The van der Waals surface area contributed by atoms with Crippen LogP contribution in [0.2, 0.25) is 0 Å². The first-order valence-electron chi connectivity index (χ1n) is 6.77. The maximum atomic E-state index is 13.4. The summed E-state index contributed by atoms with van der Waals surface area (Å²) in [6.07, 6.45) is 3.89. The predicted octanol–water partition coefficient (Wildman–Crippen LogP) is 3.51. The third kappa shape index (κ3) is 3.40. The van der Waals surface area contributed by atoms with Crippen LogP contribution in [0.3, 0.4) is 0 Å². The summed E-state index contributed by atoms with van der Waals surface area (Å²) >= 11 is 3.56. The van der Waals surface area contributed by atoms with E-state index in [1.807, 2.05) is 0 Å². The van der Waals surface area contributed by atoms with Gasteiger partial charge in [-0.25, -0.2) is 4.39 Å². The van der Waals surface area contributed by atoms with Gasteiger partial charge < -0.3 is 4.90 Å². The third-order valence-corrected chi connectivity index (χ3v) is 4.92. The summed E-state index contributed by atoms with van der Waals surface area (Å²) < 4.78 is 13.4. The van der Waals surface area contributed by atoms with E-state index in [4.69, 9.17) is 0 Å². The van der Waals surface area contributed by atoms with Crippen LogP contribution in [0.5, 0.6) is 0 Å². The highest BCUT2D eigenvalue weighted by molar-refractivity contribution is 9.09. The maximum Gasteiger partial charge on any atom is 0.282 e. The Morgan fingerprint density at radius 3 is 2.71 bits per heavy atom. The molecule has 0 N–H and O–H groups in total. The van der Waals surface area contributed by atoms with Crippen molar-refractivity contribution in [1.29, 1.82) is 0 Å². The van der Waals surface area contributed by atoms with Crippen LogP contribution in [0.25, 0.3) is 0 Å². The molecule has 1 fully saturated rings. The molecule has 1 amide bonds. The Morgan fingerprint density at radius 1 is 1.43 bits per heavy atom. The minimum absolute atomic E-state index is 0.0332. The lowest BCUT2D eigenvalue weighted by atomic mass is 9.94. The Bertz CT molecular complexity index is 567. The highest BCUT2D eigenvalue weighted by atomic mass is 79.9. The zero-order valence-electron chi connectivity index (χ0n) is 11.6. The number of hydrogen-bond donors (Lipinski definition) is 0. The van der Waals surface area contributed by atoms with E-state index in [0.717, 1.165) is 43.9 Å². The highest BCUT2D eigenvalue weighted by Crippen LogP contribution is 2.30. The van der Waals surface area contributed by atoms with Gasteiger partial charge in [0, 0.05) is 24.0 Å². The standard InChI is InChI=1S/C14H16BrFN2O3/c1-17(13-5-3-2-4-11(13)15)14(19)10-8-9(16)6-7-12(10)18(20)21/h6-8,11,13H,2-5H2,1H3. The van der Waals surface area contributed by atoms with Crippen molar-refractivity contribution in [1.82, 2.24) is 4.90 Å². The van der Waals surface area contributed by atoms with Crippen molar-refractivity contribution >= 4 is 27.5 Å². The monoisotopic (exact) mass is 358 g/mol. The van der Waals surface area contributed by atoms with Crippen molar-refractivity contribution in [3.63, 3.8) is 0 Å². The van der Waals surface area contributed by atoms with Gasteiger partial charge in [0.05, 0.1) is 4.92 Å². The maximum absolute atomic E-state index is 13.4. The fourth-order valence-corrected chi connectivity index (χ4v) is 3.62. The Kier molecular flexibility index (Phi) is 4.92. The molecule has 0 saturated heterocycles. The number of nitrogens with zero attached hydrogens (tertiary/aromatic N) is 2. The van der Waals surface area contributed by atoms with Gasteiger partial charge in [-0.15, -0.1) is 0 Å². The first-order chi connectivity index (χ1) is 9.91. The summed E-state index contributed by atoms with van der Waals surface area (Å²) in [7, 11) is 1.61. The van der Waals surface area contributed by atoms with Crippen LogP contribution >= 0.6 is 15.9 Å². The third-order valence-electron chi connectivity index (χ3n) is 3.85. The molecule has 0 spiro atoms. The van der Waals surface area contributed by atoms with Crippen LogP contribution in [0.4, 0.5) is 10.1 Å². The molecule has 1 aromatic carbocycles. The number of alkyl halides is 1. The molecule has 1 aliphatic carbocycles. The second kappa shape index (κ2) is 6.51. The number of carbonyl (C=O) groups is 1. The van der Waals surface area contributed by atoms with Gasteiger partial charge in [0.25, 0.3) is 11.6 Å². The van der Waals surface area contributed by atoms with Crippen molar-refractivity contribution in [2.24, 2.45) is 0 Å². The van der Waals surface area contributed by atoms with Crippen LogP contribution in [0.1, 0.15) is 36.0 Å². The van der Waals surface area contributed by atoms with Gasteiger partial charge in [0.1, 0.15) is 11.4 Å². The van der Waals surface area contributed by atoms with E-state index in [1.54, 1.807) is 7.05 Å². The molecule has 1 aromatic rings. The van der Waals surface area contributed by atoms with Crippen LogP contribution in [-0.4, -0.2) is 33.6 Å². The van der Waals surface area contributed by atoms with Gasteiger partial charge in [-0.1, -0.05) is 28.8 Å². The van der Waals surface area contributed by atoms with Gasteiger partial charge in [-0.3, -0.25) is 14.9 Å². The number of halogens is 2. The van der Waals surface area contributed by atoms with Gasteiger partial charge in [-0.05, 0) is 25.0 Å². The Balaban J connectivity index is 2.30. The lowest BCUT2D eigenvalue weighted by molar-refractivity contribution is -0.385. The summed E-state index contributed by atoms with van der Waals surface area (Å²) in [5.41, 5.74) is -0.567. The van der Waals surface area contributed by atoms with Crippen molar-refractivity contribution in [3.8, 4) is 0 Å². The average molecular weight is 359 g/mol. The number of rotatable bonds is 3. The van der Waals surface area contributed by atoms with Crippen LogP contribution in [-0.2, 0) is 0 Å². The van der Waals surface area contributed by atoms with E-state index < -0.39 is 16.6 Å². The first kappa shape index (κ1) is 15.9. The fraction of sp³-hybridized carbons (Fsp3) is 0.500. The number of nitro groups is 1. The second-order valence-corrected chi connectivity index (χ2v) is 6.38. The van der Waals surface area contributed by atoms with Crippen LogP contribution in [0, 0.1) is 15.9 Å². The molecule has 7 heteroatoms. The molecule has 5 nitrogen and oxygen atoms in total. The molecule has 114 valence electrons. The average Bonchev–Trinajstić information content (AvgIpc) is 2.45. The lowest BCUT2D eigenvalue weighted by Crippen LogP contribution is -2.44. The largest absolute Gasteiger partial charge is 0.337 e. The molecule has 2 rings (SSSR count). The van der Waals surface area contributed by atoms with E-state index >= 15 is 0 Å². The molecule has 1 saturated carbocycles. The van der Waals surface area contributed by atoms with Crippen molar-refractivity contribution in [2.45, 2.75) is 36.6 Å². The van der Waals surface area contributed by atoms with Crippen molar-refractivity contribution in [2.75, 3.05) is 7.05 Å². The smallest absolute Gasteiger partial charge is 0.282 e. The van der Waals surface area contributed by atoms with Gasteiger partial charge >= 0.3 is 0 Å². The minimum atomic E-state index is -0.660. The Morgan fingerprint density at radius 2 is 2.10 bits per heavy atom. The number of amides is 1. The van der Waals surface area contributed by atoms with E-state index in [-0.39, 0.29) is 22.1 Å². The summed E-state index contributed by atoms with van der Waals surface area (Å²) in [4.78, 5) is 24.5. The van der Waals surface area contributed by atoms with E-state index in [9.17, 15) is 19.3 Å². The molecular formula is C14H16BrFN2O3. The van der Waals surface area contributed by atoms with Gasteiger partial charge in [-0.2, -0.15) is 0 Å². The number of carbonyl (C=O) groups excluding carboxylic acids is 1. The molecule has 0 aromatic heterocycles. The summed E-state index contributed by atoms with van der Waals surface area (Å²) in [5, 5.41) is 11.0. The molecule has 0 bridgehead atoms. The summed E-state index contributed by atoms with van der Waals surface area (Å²) in [5.74, 6) is -1.17. The lowest BCUT2D eigenvalue weighted by Gasteiger charge is -2.35. The molecule has 1 aliphatic rings. The first-order valence-corrected chi connectivity index (χ1v) is 7.68. The molecule has 0 aliphatic heterocycles. The summed E-state index contributed by atoms with van der Waals surface area (Å²) in [6, 6.07) is 2.92. The molecule has 0 heterocycles. The van der Waals surface area contributed by atoms with E-state index in [1.165, 1.54) is 4.90 Å². The Hall–Kier alpha value is -1.50. The molecule has 21 heavy (non-hydrogen) atoms. The molecule has 2 unspecified atom stereocenters. The topological polar surface area (TPSA) is 63.5 Å². The fourth-order valence-electron chi connectivity index (χ4n) is 2.68.